The largest absolute Gasteiger partial charge is 0.327 e. The van der Waals surface area contributed by atoms with Crippen LogP contribution in [-0.2, 0) is 13.5 Å². The average molecular weight is 240 g/mol. The average Bonchev–Trinajstić information content (AvgIpc) is 2.64. The molecule has 0 spiro atoms. The molecule has 1 heterocycles. The molecular weight excluding hydrogens is 220 g/mol. The van der Waals surface area contributed by atoms with Gasteiger partial charge in [-0.25, -0.2) is 0 Å². The van der Waals surface area contributed by atoms with E-state index >= 15 is 0 Å². The van der Waals surface area contributed by atoms with Crippen molar-refractivity contribution in [1.29, 1.82) is 0 Å². The standard InChI is InChI=1S/C11H20N4O2/c1-5-8(12)7(3)10-11(15(16)17)9(6-2)13-14(10)4/h7-8H,5-6,12H2,1-4H3. The zero-order valence-electron chi connectivity index (χ0n) is 10.8. The van der Waals surface area contributed by atoms with Crippen LogP contribution < -0.4 is 5.73 Å². The van der Waals surface area contributed by atoms with Gasteiger partial charge >= 0.3 is 5.69 Å². The van der Waals surface area contributed by atoms with Crippen LogP contribution in [-0.4, -0.2) is 20.7 Å². The molecule has 0 bridgehead atoms. The van der Waals surface area contributed by atoms with Crippen LogP contribution in [0.4, 0.5) is 5.69 Å². The Morgan fingerprint density at radius 3 is 2.53 bits per heavy atom. The lowest BCUT2D eigenvalue weighted by atomic mass is 9.95. The predicted octanol–water partition coefficient (Wildman–Crippen LogP) is 1.73. The highest BCUT2D eigenvalue weighted by molar-refractivity contribution is 5.43. The number of nitro groups is 1. The Morgan fingerprint density at radius 2 is 2.12 bits per heavy atom. The minimum absolute atomic E-state index is 0.0711. The summed E-state index contributed by atoms with van der Waals surface area (Å²) < 4.78 is 1.59. The molecule has 1 aromatic heterocycles. The van der Waals surface area contributed by atoms with Gasteiger partial charge in [0.1, 0.15) is 11.4 Å². The molecule has 0 aromatic carbocycles. The minimum atomic E-state index is -0.347. The van der Waals surface area contributed by atoms with E-state index in [9.17, 15) is 10.1 Å². The summed E-state index contributed by atoms with van der Waals surface area (Å²) in [6.45, 7) is 5.76. The van der Waals surface area contributed by atoms with E-state index in [0.29, 0.717) is 17.8 Å². The van der Waals surface area contributed by atoms with Gasteiger partial charge in [0.2, 0.25) is 0 Å². The fourth-order valence-electron chi connectivity index (χ4n) is 2.09. The Morgan fingerprint density at radius 1 is 1.53 bits per heavy atom. The first-order valence-electron chi connectivity index (χ1n) is 5.89. The highest BCUT2D eigenvalue weighted by Crippen LogP contribution is 2.31. The van der Waals surface area contributed by atoms with E-state index in [-0.39, 0.29) is 22.6 Å². The van der Waals surface area contributed by atoms with Gasteiger partial charge in [0.15, 0.2) is 0 Å². The van der Waals surface area contributed by atoms with Crippen molar-refractivity contribution < 1.29 is 4.92 Å². The van der Waals surface area contributed by atoms with Gasteiger partial charge < -0.3 is 5.73 Å². The molecule has 0 aliphatic heterocycles. The second kappa shape index (κ2) is 5.27. The van der Waals surface area contributed by atoms with Gasteiger partial charge in [-0.3, -0.25) is 14.8 Å². The van der Waals surface area contributed by atoms with E-state index in [2.05, 4.69) is 5.10 Å². The van der Waals surface area contributed by atoms with Gasteiger partial charge in [0.05, 0.1) is 4.92 Å². The SMILES string of the molecule is CCc1nn(C)c(C(C)C(N)CC)c1[N+](=O)[O-]. The number of nitrogens with zero attached hydrogens (tertiary/aromatic N) is 3. The maximum absolute atomic E-state index is 11.1. The van der Waals surface area contributed by atoms with Crippen LogP contribution in [0.5, 0.6) is 0 Å². The number of aromatic nitrogens is 2. The molecule has 0 amide bonds. The lowest BCUT2D eigenvalue weighted by Gasteiger charge is -2.17. The van der Waals surface area contributed by atoms with Gasteiger partial charge in [0, 0.05) is 19.0 Å². The highest BCUT2D eigenvalue weighted by Gasteiger charge is 2.31. The molecular formula is C11H20N4O2. The molecule has 1 aromatic rings. The second-order valence-electron chi connectivity index (χ2n) is 4.28. The first-order valence-corrected chi connectivity index (χ1v) is 5.89. The van der Waals surface area contributed by atoms with Crippen molar-refractivity contribution in [1.82, 2.24) is 9.78 Å². The first-order chi connectivity index (χ1) is 7.93. The molecule has 1 rings (SSSR count). The summed E-state index contributed by atoms with van der Waals surface area (Å²) in [5.41, 5.74) is 7.26. The van der Waals surface area contributed by atoms with Crippen molar-refractivity contribution in [2.24, 2.45) is 12.8 Å². The number of hydrogen-bond donors (Lipinski definition) is 1. The minimum Gasteiger partial charge on any atom is -0.327 e. The summed E-state index contributed by atoms with van der Waals surface area (Å²) in [6.07, 6.45) is 1.34. The third-order valence-electron chi connectivity index (χ3n) is 3.20. The fourth-order valence-corrected chi connectivity index (χ4v) is 2.09. The molecule has 0 aliphatic rings. The van der Waals surface area contributed by atoms with Crippen molar-refractivity contribution >= 4 is 5.69 Å². The van der Waals surface area contributed by atoms with Crippen LogP contribution >= 0.6 is 0 Å². The number of rotatable bonds is 5. The van der Waals surface area contributed by atoms with Crippen LogP contribution in [0.15, 0.2) is 0 Å². The van der Waals surface area contributed by atoms with Crippen molar-refractivity contribution in [3.8, 4) is 0 Å². The smallest absolute Gasteiger partial charge is 0.313 e. The summed E-state index contributed by atoms with van der Waals surface area (Å²) in [7, 11) is 1.74. The summed E-state index contributed by atoms with van der Waals surface area (Å²) in [5.74, 6) is -0.0711. The lowest BCUT2D eigenvalue weighted by Crippen LogP contribution is -2.27. The summed E-state index contributed by atoms with van der Waals surface area (Å²) in [5, 5.41) is 15.3. The Bertz CT molecular complexity index is 414. The zero-order valence-corrected chi connectivity index (χ0v) is 10.8. The predicted molar refractivity (Wildman–Crippen MR) is 65.9 cm³/mol. The molecule has 96 valence electrons. The molecule has 2 unspecified atom stereocenters. The molecule has 6 nitrogen and oxygen atoms in total. The molecule has 0 fully saturated rings. The lowest BCUT2D eigenvalue weighted by molar-refractivity contribution is -0.386. The molecule has 0 radical (unpaired) electrons. The van der Waals surface area contributed by atoms with Crippen LogP contribution in [0.25, 0.3) is 0 Å². The van der Waals surface area contributed by atoms with Crippen LogP contribution in [0.2, 0.25) is 0 Å². The van der Waals surface area contributed by atoms with Crippen LogP contribution in [0.1, 0.15) is 44.5 Å². The maximum atomic E-state index is 11.1. The van der Waals surface area contributed by atoms with E-state index < -0.39 is 0 Å². The van der Waals surface area contributed by atoms with Crippen LogP contribution in [0, 0.1) is 10.1 Å². The maximum Gasteiger partial charge on any atom is 0.313 e. The van der Waals surface area contributed by atoms with Crippen molar-refractivity contribution in [2.75, 3.05) is 0 Å². The summed E-state index contributed by atoms with van der Waals surface area (Å²) in [6, 6.07) is -0.0891. The zero-order chi connectivity index (χ0) is 13.2. The Kier molecular flexibility index (Phi) is 4.22. The third kappa shape index (κ3) is 2.46. The molecule has 2 N–H and O–H groups in total. The summed E-state index contributed by atoms with van der Waals surface area (Å²) in [4.78, 5) is 10.8. The monoisotopic (exact) mass is 240 g/mol. The van der Waals surface area contributed by atoms with E-state index in [1.165, 1.54) is 0 Å². The Labute approximate surface area is 101 Å². The fraction of sp³-hybridized carbons (Fsp3) is 0.727. The van der Waals surface area contributed by atoms with E-state index in [0.717, 1.165) is 6.42 Å². The van der Waals surface area contributed by atoms with Gasteiger partial charge in [0.25, 0.3) is 0 Å². The Hall–Kier alpha value is -1.43. The number of nitrogens with two attached hydrogens (primary N) is 1. The van der Waals surface area contributed by atoms with Gasteiger partial charge in [-0.1, -0.05) is 20.8 Å². The highest BCUT2D eigenvalue weighted by atomic mass is 16.6. The molecule has 0 aliphatic carbocycles. The summed E-state index contributed by atoms with van der Waals surface area (Å²) >= 11 is 0. The molecule has 0 saturated heterocycles. The molecule has 6 heteroatoms. The van der Waals surface area contributed by atoms with E-state index in [1.54, 1.807) is 11.7 Å². The normalized spacial score (nSPS) is 14.6. The van der Waals surface area contributed by atoms with E-state index in [4.69, 9.17) is 5.73 Å². The second-order valence-corrected chi connectivity index (χ2v) is 4.28. The van der Waals surface area contributed by atoms with Gasteiger partial charge in [-0.15, -0.1) is 0 Å². The van der Waals surface area contributed by atoms with Gasteiger partial charge in [-0.05, 0) is 12.8 Å². The quantitative estimate of drug-likeness (QED) is 0.627. The van der Waals surface area contributed by atoms with Gasteiger partial charge in [-0.2, -0.15) is 5.10 Å². The molecule has 2 atom stereocenters. The van der Waals surface area contributed by atoms with E-state index in [1.807, 2.05) is 20.8 Å². The van der Waals surface area contributed by atoms with Crippen molar-refractivity contribution in [3.05, 3.63) is 21.5 Å². The number of aryl methyl sites for hydroxylation is 2. The third-order valence-corrected chi connectivity index (χ3v) is 3.20. The molecule has 0 saturated carbocycles. The number of hydrogen-bond acceptors (Lipinski definition) is 4. The van der Waals surface area contributed by atoms with Crippen molar-refractivity contribution in [2.45, 2.75) is 45.6 Å². The van der Waals surface area contributed by atoms with Crippen molar-refractivity contribution in [3.63, 3.8) is 0 Å². The van der Waals surface area contributed by atoms with Crippen LogP contribution in [0.3, 0.4) is 0 Å². The topological polar surface area (TPSA) is 87.0 Å². The Balaban J connectivity index is 3.31. The first kappa shape index (κ1) is 13.6. The molecule has 17 heavy (non-hydrogen) atoms.